The molecule has 6 heteroatoms. The van der Waals surface area contributed by atoms with Gasteiger partial charge in [0, 0.05) is 0 Å². The van der Waals surface area contributed by atoms with E-state index in [1.165, 1.54) is 71.5 Å². The van der Waals surface area contributed by atoms with Crippen molar-refractivity contribution in [1.82, 2.24) is 14.8 Å². The summed E-state index contributed by atoms with van der Waals surface area (Å²) in [6.45, 7) is 11.9. The van der Waals surface area contributed by atoms with E-state index in [-0.39, 0.29) is 5.91 Å². The number of carbonyl (C=O) groups is 1. The van der Waals surface area contributed by atoms with E-state index in [1.54, 1.807) is 3.58 Å². The van der Waals surface area contributed by atoms with Crippen molar-refractivity contribution < 1.29 is 9.36 Å². The number of hydrogen-bond donors (Lipinski definition) is 1. The van der Waals surface area contributed by atoms with Crippen LogP contribution in [0.4, 0.5) is 0 Å². The van der Waals surface area contributed by atoms with Crippen molar-refractivity contribution >= 4 is 27.9 Å². The van der Waals surface area contributed by atoms with Crippen molar-refractivity contribution in [3.63, 3.8) is 0 Å². The molecule has 2 aromatic rings. The molecule has 0 saturated carbocycles. The predicted octanol–water partition coefficient (Wildman–Crippen LogP) is 4.51. The Labute approximate surface area is 211 Å². The molecule has 1 saturated heterocycles. The number of likely N-dealkylation sites (tertiary alicyclic amines) is 1. The van der Waals surface area contributed by atoms with Crippen LogP contribution in [-0.2, 0) is 11.1 Å². The fourth-order valence-electron chi connectivity index (χ4n) is 5.35. The Bertz CT molecular complexity index is 850. The van der Waals surface area contributed by atoms with Crippen molar-refractivity contribution in [2.75, 3.05) is 26.2 Å². The van der Waals surface area contributed by atoms with Crippen LogP contribution < -0.4 is 13.5 Å². The molecule has 1 amide bonds. The number of rotatable bonds is 14. The van der Waals surface area contributed by atoms with Gasteiger partial charge in [-0.25, -0.2) is 0 Å². The molecule has 1 fully saturated rings. The van der Waals surface area contributed by atoms with Crippen LogP contribution in [0.1, 0.15) is 76.1 Å². The van der Waals surface area contributed by atoms with Gasteiger partial charge in [0.05, 0.1) is 0 Å². The molecule has 5 nitrogen and oxygen atoms in total. The molecule has 1 aromatic heterocycles. The van der Waals surface area contributed by atoms with Crippen LogP contribution in [0.25, 0.3) is 0 Å². The zero-order valence-electron chi connectivity index (χ0n) is 21.9. The summed E-state index contributed by atoms with van der Waals surface area (Å²) in [5.74, 6) is 0.0703. The van der Waals surface area contributed by atoms with Gasteiger partial charge in [0.2, 0.25) is 0 Å². The van der Waals surface area contributed by atoms with Gasteiger partial charge in [-0.3, -0.25) is 0 Å². The number of aromatic nitrogens is 2. The first-order valence-electron chi connectivity index (χ1n) is 13.8. The fraction of sp³-hybridized carbons (Fsp3) is 0.643. The number of imidazole rings is 1. The van der Waals surface area contributed by atoms with Gasteiger partial charge in [-0.1, -0.05) is 0 Å². The van der Waals surface area contributed by atoms with Crippen molar-refractivity contribution in [2.24, 2.45) is 0 Å². The Balaban J connectivity index is 1.71. The molecular formula is C28H47N4OSn+. The average Bonchev–Trinajstić information content (AvgIpc) is 3.34. The minimum atomic E-state index is -2.69. The monoisotopic (exact) mass is 575 g/mol. The molecule has 0 radical (unpaired) electrons. The number of nitrogens with zero attached hydrogens (tertiary/aromatic N) is 3. The number of piperidine rings is 1. The molecular weight excluding hydrogens is 527 g/mol. The number of nitrogens with one attached hydrogen (secondary N) is 1. The number of hydrogen-bond acceptors (Lipinski definition) is 2. The molecule has 1 N–H and O–H groups in total. The number of aryl methyl sites for hydroxylation is 1. The number of carbonyl (C=O) groups excluding carboxylic acids is 1. The van der Waals surface area contributed by atoms with Crippen molar-refractivity contribution in [3.05, 3.63) is 48.5 Å². The van der Waals surface area contributed by atoms with E-state index in [4.69, 9.17) is 0 Å². The molecule has 2 heterocycles. The van der Waals surface area contributed by atoms with Gasteiger partial charge in [0.1, 0.15) is 0 Å². The molecule has 188 valence electrons. The fourth-order valence-corrected chi connectivity index (χ4v) is 20.0. The third-order valence-electron chi connectivity index (χ3n) is 7.54. The summed E-state index contributed by atoms with van der Waals surface area (Å²) in [7, 11) is 0. The Morgan fingerprint density at radius 3 is 2.26 bits per heavy atom. The molecule has 0 aliphatic carbocycles. The number of benzene rings is 1. The molecule has 1 aliphatic rings. The van der Waals surface area contributed by atoms with Crippen LogP contribution in [0.3, 0.4) is 0 Å². The molecule has 1 aliphatic heterocycles. The molecule has 0 spiro atoms. The normalized spacial score (nSPS) is 14.9. The molecule has 3 rings (SSSR count). The first kappa shape index (κ1) is 27.2. The quantitative estimate of drug-likeness (QED) is 0.267. The van der Waals surface area contributed by atoms with Gasteiger partial charge in [0.25, 0.3) is 0 Å². The van der Waals surface area contributed by atoms with E-state index >= 15 is 0 Å². The van der Waals surface area contributed by atoms with Gasteiger partial charge in [-0.15, -0.1) is 0 Å². The summed E-state index contributed by atoms with van der Waals surface area (Å²) in [5, 5.41) is 3.15. The molecule has 0 atom stereocenters. The molecule has 0 unspecified atom stereocenters. The summed E-state index contributed by atoms with van der Waals surface area (Å²) in [6, 6.07) is 8.82. The van der Waals surface area contributed by atoms with E-state index in [0.29, 0.717) is 0 Å². The van der Waals surface area contributed by atoms with Crippen LogP contribution >= 0.6 is 0 Å². The first-order chi connectivity index (χ1) is 16.6. The van der Waals surface area contributed by atoms with Gasteiger partial charge in [-0.2, -0.15) is 0 Å². The van der Waals surface area contributed by atoms with Crippen LogP contribution in [0.15, 0.2) is 43.0 Å². The van der Waals surface area contributed by atoms with E-state index in [9.17, 15) is 4.79 Å². The summed E-state index contributed by atoms with van der Waals surface area (Å²) in [6.07, 6.45) is 15.8. The van der Waals surface area contributed by atoms with Crippen LogP contribution in [0, 0.1) is 0 Å². The summed E-state index contributed by atoms with van der Waals surface area (Å²) in [4.78, 5) is 15.3. The van der Waals surface area contributed by atoms with Gasteiger partial charge >= 0.3 is 212 Å². The van der Waals surface area contributed by atoms with E-state index in [1.807, 2.05) is 0 Å². The van der Waals surface area contributed by atoms with Crippen LogP contribution in [0.2, 0.25) is 8.87 Å². The maximum atomic E-state index is 12.8. The predicted molar refractivity (Wildman–Crippen MR) is 144 cm³/mol. The second-order valence-corrected chi connectivity index (χ2v) is 22.9. The van der Waals surface area contributed by atoms with Crippen molar-refractivity contribution in [2.45, 2.75) is 85.7 Å². The van der Waals surface area contributed by atoms with Crippen LogP contribution in [-0.4, -0.2) is 59.9 Å². The molecule has 1 aromatic carbocycles. The second kappa shape index (κ2) is 14.3. The zero-order chi connectivity index (χ0) is 24.2. The van der Waals surface area contributed by atoms with E-state index in [2.05, 4.69) is 83.1 Å². The zero-order valence-corrected chi connectivity index (χ0v) is 24.8. The Morgan fingerprint density at radius 1 is 1.00 bits per heavy atom. The third kappa shape index (κ3) is 7.84. The molecule has 34 heavy (non-hydrogen) atoms. The topological polar surface area (TPSA) is 41.1 Å². The Hall–Kier alpha value is -1.34. The van der Waals surface area contributed by atoms with Crippen molar-refractivity contribution in [1.29, 1.82) is 0 Å². The summed E-state index contributed by atoms with van der Waals surface area (Å²) >= 11 is -2.69. The SMILES string of the molecule is CCC[CH2][Sn]([CH2]CCC)([CH2][n+]1ccn(CC)c1)[c]1ccc(C(=O)NCCN2CCCCC2)cc1. The average molecular weight is 574 g/mol. The van der Waals surface area contributed by atoms with Crippen molar-refractivity contribution in [3.8, 4) is 0 Å². The second-order valence-electron chi connectivity index (χ2n) is 10.1. The first-order valence-corrected chi connectivity index (χ1v) is 21.2. The van der Waals surface area contributed by atoms with Crippen LogP contribution in [0.5, 0.6) is 0 Å². The number of unbranched alkanes of at least 4 members (excludes halogenated alkanes) is 2. The third-order valence-corrected chi connectivity index (χ3v) is 22.2. The van der Waals surface area contributed by atoms with E-state index in [0.717, 1.165) is 25.2 Å². The standard InChI is InChI=1S/C14H19N2O.C6H10N2.2C4H9.Sn/c17-14(13-7-3-1-4-8-13)15-9-12-16-10-5-2-6-11-16;1-3-8-5-4-7(2)6-8;2*1-3-4-2;/h3-4,7-8H,2,5-6,9-12H2,(H,15,17);4-6H,2-3H2,1H3;2*1,3-4H2,2H3;/q;+1;;;. The summed E-state index contributed by atoms with van der Waals surface area (Å²) < 4.78 is 10.3. The summed E-state index contributed by atoms with van der Waals surface area (Å²) in [5.41, 5.74) is 0.804. The van der Waals surface area contributed by atoms with Gasteiger partial charge in [0.15, 0.2) is 0 Å². The maximum absolute atomic E-state index is 12.8. The Morgan fingerprint density at radius 2 is 1.68 bits per heavy atom. The van der Waals surface area contributed by atoms with Gasteiger partial charge < -0.3 is 0 Å². The minimum absolute atomic E-state index is 0.0703. The van der Waals surface area contributed by atoms with Gasteiger partial charge in [-0.05, 0) is 0 Å². The molecule has 0 bridgehead atoms. The Kier molecular flexibility index (Phi) is 11.4. The number of amides is 1. The van der Waals surface area contributed by atoms with E-state index < -0.39 is 18.4 Å².